The summed E-state index contributed by atoms with van der Waals surface area (Å²) >= 11 is 0. The van der Waals surface area contributed by atoms with E-state index in [9.17, 15) is 23.3 Å². The Balaban J connectivity index is 2.07. The van der Waals surface area contributed by atoms with E-state index in [1.165, 1.54) is 19.1 Å². The molecule has 0 atom stereocenters. The summed E-state index contributed by atoms with van der Waals surface area (Å²) in [7, 11) is -3.68. The molecule has 1 aromatic carbocycles. The van der Waals surface area contributed by atoms with Gasteiger partial charge in [-0.25, -0.2) is 8.42 Å². The first-order chi connectivity index (χ1) is 11.8. The minimum atomic E-state index is -3.68. The number of likely N-dealkylation sites (tertiary alicyclic amines) is 1. The summed E-state index contributed by atoms with van der Waals surface area (Å²) in [6.45, 7) is 2.73. The van der Waals surface area contributed by atoms with E-state index in [4.69, 9.17) is 0 Å². The third-order valence-corrected chi connectivity index (χ3v) is 5.98. The van der Waals surface area contributed by atoms with Crippen LogP contribution in [0.1, 0.15) is 43.2 Å². The zero-order valence-electron chi connectivity index (χ0n) is 14.4. The predicted molar refractivity (Wildman–Crippen MR) is 95.0 cm³/mol. The van der Waals surface area contributed by atoms with Crippen LogP contribution in [0.3, 0.4) is 0 Å². The zero-order chi connectivity index (χ0) is 18.4. The monoisotopic (exact) mass is 368 g/mol. The molecule has 7 nitrogen and oxygen atoms in total. The Morgan fingerprint density at radius 3 is 2.36 bits per heavy atom. The van der Waals surface area contributed by atoms with E-state index in [2.05, 4.69) is 0 Å². The van der Waals surface area contributed by atoms with Crippen LogP contribution in [0.25, 0.3) is 0 Å². The van der Waals surface area contributed by atoms with Crippen molar-refractivity contribution < 1.29 is 18.1 Å². The number of hydrogen-bond acceptors (Lipinski definition) is 5. The largest absolute Gasteiger partial charge is 0.342 e. The van der Waals surface area contributed by atoms with Gasteiger partial charge in [-0.15, -0.1) is 0 Å². The van der Waals surface area contributed by atoms with Gasteiger partial charge in [-0.3, -0.25) is 14.9 Å². The molecule has 0 spiro atoms. The summed E-state index contributed by atoms with van der Waals surface area (Å²) < 4.78 is 24.8. The Morgan fingerprint density at radius 1 is 1.16 bits per heavy atom. The van der Waals surface area contributed by atoms with Crippen molar-refractivity contribution in [1.29, 1.82) is 0 Å². The topological polar surface area (TPSA) is 97.6 Å². The number of carbonyl (C=O) groups excluding carboxylic acids is 1. The Hall–Kier alpha value is -1.96. The van der Waals surface area contributed by atoms with E-state index < -0.39 is 20.5 Å². The van der Waals surface area contributed by atoms with Crippen molar-refractivity contribution in [1.82, 2.24) is 4.90 Å². The molecule has 0 N–H and O–H groups in total. The second-order valence-corrected chi connectivity index (χ2v) is 8.56. The highest BCUT2D eigenvalue weighted by molar-refractivity contribution is 7.91. The number of benzene rings is 1. The molecule has 1 heterocycles. The summed E-state index contributed by atoms with van der Waals surface area (Å²) in [4.78, 5) is 24.5. The first-order valence-electron chi connectivity index (χ1n) is 8.51. The Morgan fingerprint density at radius 2 is 1.76 bits per heavy atom. The minimum Gasteiger partial charge on any atom is -0.342 e. The molecule has 0 aromatic heterocycles. The fraction of sp³-hybridized carbons (Fsp3) is 0.588. The van der Waals surface area contributed by atoms with Crippen LogP contribution in [0.2, 0.25) is 0 Å². The van der Waals surface area contributed by atoms with E-state index in [1.807, 2.05) is 0 Å². The van der Waals surface area contributed by atoms with Crippen molar-refractivity contribution >= 4 is 21.4 Å². The number of amides is 1. The van der Waals surface area contributed by atoms with Crippen molar-refractivity contribution in [3.05, 3.63) is 39.4 Å². The Kier molecular flexibility index (Phi) is 6.52. The van der Waals surface area contributed by atoms with Gasteiger partial charge in [-0.2, -0.15) is 0 Å². The quantitative estimate of drug-likeness (QED) is 0.588. The van der Waals surface area contributed by atoms with Crippen LogP contribution >= 0.6 is 0 Å². The van der Waals surface area contributed by atoms with Crippen molar-refractivity contribution in [3.63, 3.8) is 0 Å². The Bertz CT molecular complexity index is 737. The summed E-state index contributed by atoms with van der Waals surface area (Å²) in [5.74, 6) is -1.28. The molecule has 138 valence electrons. The molecular weight excluding hydrogens is 344 g/mol. The van der Waals surface area contributed by atoms with Gasteiger partial charge in [0.25, 0.3) is 5.69 Å². The zero-order valence-corrected chi connectivity index (χ0v) is 15.3. The van der Waals surface area contributed by atoms with Gasteiger partial charge in [-0.1, -0.05) is 31.4 Å². The standard InChI is InChI=1S/C17H24N2O5S/c1-14-15(8-7-9-16(14)19(21)22)12-25(23,24)13-17(20)18-10-5-3-2-4-6-11-18/h7-9H,2-6,10-13H2,1H3. The van der Waals surface area contributed by atoms with E-state index in [0.29, 0.717) is 24.2 Å². The molecule has 1 saturated heterocycles. The fourth-order valence-electron chi connectivity index (χ4n) is 3.09. The highest BCUT2D eigenvalue weighted by Crippen LogP contribution is 2.23. The highest BCUT2D eigenvalue weighted by Gasteiger charge is 2.24. The molecule has 8 heteroatoms. The molecule has 25 heavy (non-hydrogen) atoms. The van der Waals surface area contributed by atoms with E-state index in [1.54, 1.807) is 11.0 Å². The molecule has 0 aliphatic carbocycles. The average molecular weight is 368 g/mol. The molecule has 2 rings (SSSR count). The van der Waals surface area contributed by atoms with Crippen molar-refractivity contribution in [2.24, 2.45) is 0 Å². The molecule has 0 radical (unpaired) electrons. The van der Waals surface area contributed by atoms with Crippen LogP contribution in [-0.4, -0.2) is 43.0 Å². The number of nitro benzene ring substituents is 1. The Labute approximate surface area is 148 Å². The van der Waals surface area contributed by atoms with Gasteiger partial charge in [0.2, 0.25) is 5.91 Å². The van der Waals surface area contributed by atoms with Crippen LogP contribution < -0.4 is 0 Å². The van der Waals surface area contributed by atoms with Gasteiger partial charge in [0.05, 0.1) is 10.7 Å². The number of nitrogens with zero attached hydrogens (tertiary/aromatic N) is 2. The van der Waals surface area contributed by atoms with Crippen molar-refractivity contribution in [2.45, 2.75) is 44.8 Å². The molecule has 1 fully saturated rings. The van der Waals surface area contributed by atoms with Gasteiger partial charge >= 0.3 is 0 Å². The third kappa shape index (κ3) is 5.52. The van der Waals surface area contributed by atoms with Crippen LogP contribution in [0.5, 0.6) is 0 Å². The third-order valence-electron chi connectivity index (χ3n) is 4.54. The maximum absolute atomic E-state index is 12.4. The molecule has 0 saturated carbocycles. The second kappa shape index (κ2) is 8.42. The number of hydrogen-bond donors (Lipinski definition) is 0. The lowest BCUT2D eigenvalue weighted by molar-refractivity contribution is -0.385. The number of rotatable bonds is 5. The first-order valence-corrected chi connectivity index (χ1v) is 10.3. The van der Waals surface area contributed by atoms with Crippen LogP contribution in [0.15, 0.2) is 18.2 Å². The van der Waals surface area contributed by atoms with E-state index in [-0.39, 0.29) is 17.3 Å². The molecule has 1 aliphatic heterocycles. The molecule has 0 unspecified atom stereocenters. The van der Waals surface area contributed by atoms with Gasteiger partial charge in [0.15, 0.2) is 9.84 Å². The van der Waals surface area contributed by atoms with E-state index >= 15 is 0 Å². The van der Waals surface area contributed by atoms with Crippen LogP contribution in [0.4, 0.5) is 5.69 Å². The fourth-order valence-corrected chi connectivity index (χ4v) is 4.54. The van der Waals surface area contributed by atoms with Gasteiger partial charge in [0.1, 0.15) is 5.75 Å². The molecule has 1 aliphatic rings. The molecule has 1 amide bonds. The summed E-state index contributed by atoms with van der Waals surface area (Å²) in [6, 6.07) is 4.37. The van der Waals surface area contributed by atoms with Gasteiger partial charge in [-0.05, 0) is 25.3 Å². The summed E-state index contributed by atoms with van der Waals surface area (Å²) in [5, 5.41) is 11.0. The lowest BCUT2D eigenvalue weighted by Gasteiger charge is -2.24. The number of carbonyl (C=O) groups is 1. The first kappa shape index (κ1) is 19.4. The number of nitro groups is 1. The van der Waals surface area contributed by atoms with Gasteiger partial charge in [0, 0.05) is 24.7 Å². The average Bonchev–Trinajstić information content (AvgIpc) is 2.47. The molecule has 0 bridgehead atoms. The highest BCUT2D eigenvalue weighted by atomic mass is 32.2. The van der Waals surface area contributed by atoms with Crippen molar-refractivity contribution in [2.75, 3.05) is 18.8 Å². The summed E-state index contributed by atoms with van der Waals surface area (Å²) in [6.07, 6.45) is 5.07. The van der Waals surface area contributed by atoms with Crippen LogP contribution in [-0.2, 0) is 20.4 Å². The maximum atomic E-state index is 12.4. The molecular formula is C17H24N2O5S. The molecule has 1 aromatic rings. The number of sulfone groups is 1. The van der Waals surface area contributed by atoms with Crippen molar-refractivity contribution in [3.8, 4) is 0 Å². The smallest absolute Gasteiger partial charge is 0.272 e. The predicted octanol–water partition coefficient (Wildman–Crippen LogP) is 2.61. The lowest BCUT2D eigenvalue weighted by atomic mass is 10.1. The maximum Gasteiger partial charge on any atom is 0.272 e. The second-order valence-electron chi connectivity index (χ2n) is 6.50. The SMILES string of the molecule is Cc1c(CS(=O)(=O)CC(=O)N2CCCCCCC2)cccc1[N+](=O)[O-]. The van der Waals surface area contributed by atoms with E-state index in [0.717, 1.165) is 32.1 Å². The lowest BCUT2D eigenvalue weighted by Crippen LogP contribution is -2.38. The summed E-state index contributed by atoms with van der Waals surface area (Å²) in [5.41, 5.74) is 0.590. The van der Waals surface area contributed by atoms with Gasteiger partial charge < -0.3 is 4.90 Å². The normalized spacial score (nSPS) is 16.1. The minimum absolute atomic E-state index is 0.109. The van der Waals surface area contributed by atoms with Crippen LogP contribution in [0, 0.1) is 17.0 Å².